The number of rotatable bonds is 6. The number of hydrogen-bond acceptors (Lipinski definition) is 4. The minimum absolute atomic E-state index is 0.162. The molecule has 1 amide bonds. The van der Waals surface area contributed by atoms with Crippen molar-refractivity contribution in [3.8, 4) is 0 Å². The second-order valence-corrected chi connectivity index (χ2v) is 8.11. The summed E-state index contributed by atoms with van der Waals surface area (Å²) in [7, 11) is 0. The molecule has 5 heteroatoms. The van der Waals surface area contributed by atoms with Gasteiger partial charge in [0.05, 0.1) is 0 Å². The van der Waals surface area contributed by atoms with Gasteiger partial charge in [-0.15, -0.1) is 0 Å². The molecular formula is C24H32N4O. The number of piperidine rings is 1. The highest BCUT2D eigenvalue weighted by Crippen LogP contribution is 2.18. The van der Waals surface area contributed by atoms with E-state index in [1.807, 2.05) is 0 Å². The number of anilines is 1. The van der Waals surface area contributed by atoms with E-state index in [0.29, 0.717) is 6.54 Å². The first kappa shape index (κ1) is 19.9. The Bertz CT molecular complexity index is 780. The van der Waals surface area contributed by atoms with E-state index in [2.05, 4.69) is 75.0 Å². The fraction of sp³-hybridized carbons (Fsp3) is 0.458. The van der Waals surface area contributed by atoms with Gasteiger partial charge in [-0.2, -0.15) is 0 Å². The van der Waals surface area contributed by atoms with Gasteiger partial charge in [0, 0.05) is 50.9 Å². The number of nitrogens with one attached hydrogen (secondary N) is 2. The monoisotopic (exact) mass is 392 g/mol. The molecule has 0 saturated carbocycles. The second-order valence-electron chi connectivity index (χ2n) is 8.11. The Morgan fingerprint density at radius 3 is 2.28 bits per heavy atom. The van der Waals surface area contributed by atoms with E-state index in [4.69, 9.17) is 0 Å². The lowest BCUT2D eigenvalue weighted by Gasteiger charge is -2.36. The van der Waals surface area contributed by atoms with Crippen LogP contribution in [0, 0.1) is 5.92 Å². The third-order valence-corrected chi connectivity index (χ3v) is 6.17. The highest BCUT2D eigenvalue weighted by atomic mass is 16.1. The SMILES string of the molecule is O=C(NCc1ccccc1CN1CCN(c2ccccc2)CC1)C1CCNCC1. The number of benzene rings is 2. The largest absolute Gasteiger partial charge is 0.369 e. The summed E-state index contributed by atoms with van der Waals surface area (Å²) in [5.41, 5.74) is 3.87. The van der Waals surface area contributed by atoms with Gasteiger partial charge >= 0.3 is 0 Å². The highest BCUT2D eigenvalue weighted by Gasteiger charge is 2.21. The molecule has 0 atom stereocenters. The molecule has 4 rings (SSSR count). The first-order chi connectivity index (χ1) is 14.3. The fourth-order valence-corrected chi connectivity index (χ4v) is 4.34. The third kappa shape index (κ3) is 5.37. The predicted molar refractivity (Wildman–Crippen MR) is 118 cm³/mol. The summed E-state index contributed by atoms with van der Waals surface area (Å²) in [5.74, 6) is 0.368. The van der Waals surface area contributed by atoms with Gasteiger partial charge in [0.15, 0.2) is 0 Å². The summed E-state index contributed by atoms with van der Waals surface area (Å²) in [5, 5.41) is 6.50. The van der Waals surface area contributed by atoms with Crippen LogP contribution in [0.15, 0.2) is 54.6 Å². The molecule has 2 saturated heterocycles. The van der Waals surface area contributed by atoms with Crippen molar-refractivity contribution in [3.63, 3.8) is 0 Å². The van der Waals surface area contributed by atoms with E-state index < -0.39 is 0 Å². The average Bonchev–Trinajstić information content (AvgIpc) is 2.80. The Hall–Kier alpha value is -2.37. The van der Waals surface area contributed by atoms with Crippen molar-refractivity contribution in [2.75, 3.05) is 44.2 Å². The molecule has 2 fully saturated rings. The maximum Gasteiger partial charge on any atom is 0.223 e. The first-order valence-electron chi connectivity index (χ1n) is 10.9. The van der Waals surface area contributed by atoms with Gasteiger partial charge < -0.3 is 15.5 Å². The van der Waals surface area contributed by atoms with Gasteiger partial charge in [-0.3, -0.25) is 9.69 Å². The number of amides is 1. The third-order valence-electron chi connectivity index (χ3n) is 6.17. The van der Waals surface area contributed by atoms with Gasteiger partial charge in [0.25, 0.3) is 0 Å². The van der Waals surface area contributed by atoms with E-state index in [1.54, 1.807) is 0 Å². The lowest BCUT2D eigenvalue weighted by atomic mass is 9.97. The van der Waals surface area contributed by atoms with Gasteiger partial charge in [0.1, 0.15) is 0 Å². The van der Waals surface area contributed by atoms with Crippen LogP contribution < -0.4 is 15.5 Å². The zero-order chi connectivity index (χ0) is 19.9. The zero-order valence-corrected chi connectivity index (χ0v) is 17.1. The quantitative estimate of drug-likeness (QED) is 0.793. The maximum atomic E-state index is 12.5. The van der Waals surface area contributed by atoms with Crippen LogP contribution in [0.25, 0.3) is 0 Å². The van der Waals surface area contributed by atoms with Crippen LogP contribution in [-0.4, -0.2) is 50.1 Å². The van der Waals surface area contributed by atoms with Crippen molar-refractivity contribution in [3.05, 3.63) is 65.7 Å². The summed E-state index contributed by atoms with van der Waals surface area (Å²) in [6.07, 6.45) is 1.89. The summed E-state index contributed by atoms with van der Waals surface area (Å²) < 4.78 is 0. The lowest BCUT2D eigenvalue weighted by molar-refractivity contribution is -0.125. The zero-order valence-electron chi connectivity index (χ0n) is 17.1. The van der Waals surface area contributed by atoms with Crippen molar-refractivity contribution in [1.82, 2.24) is 15.5 Å². The minimum atomic E-state index is 0.162. The fourth-order valence-electron chi connectivity index (χ4n) is 4.34. The molecule has 5 nitrogen and oxygen atoms in total. The average molecular weight is 393 g/mol. The molecule has 29 heavy (non-hydrogen) atoms. The molecule has 2 aromatic carbocycles. The molecule has 2 aliphatic rings. The van der Waals surface area contributed by atoms with Crippen LogP contribution in [0.3, 0.4) is 0 Å². The number of carbonyl (C=O) groups is 1. The van der Waals surface area contributed by atoms with Crippen LogP contribution in [0.1, 0.15) is 24.0 Å². The minimum Gasteiger partial charge on any atom is -0.369 e. The summed E-state index contributed by atoms with van der Waals surface area (Å²) in [6, 6.07) is 19.2. The second kappa shape index (κ2) is 9.90. The maximum absolute atomic E-state index is 12.5. The Morgan fingerprint density at radius 1 is 0.897 bits per heavy atom. The predicted octanol–water partition coefficient (Wildman–Crippen LogP) is 2.62. The van der Waals surface area contributed by atoms with E-state index in [-0.39, 0.29) is 11.8 Å². The van der Waals surface area contributed by atoms with Gasteiger partial charge in [0.2, 0.25) is 5.91 Å². The summed E-state index contributed by atoms with van der Waals surface area (Å²) >= 11 is 0. The molecule has 0 aromatic heterocycles. The molecule has 0 spiro atoms. The molecular weight excluding hydrogens is 360 g/mol. The van der Waals surface area contributed by atoms with E-state index >= 15 is 0 Å². The highest BCUT2D eigenvalue weighted by molar-refractivity contribution is 5.78. The van der Waals surface area contributed by atoms with Gasteiger partial charge in [-0.1, -0.05) is 42.5 Å². The van der Waals surface area contributed by atoms with Crippen molar-refractivity contribution < 1.29 is 4.79 Å². The normalized spacial score (nSPS) is 18.6. The van der Waals surface area contributed by atoms with Crippen molar-refractivity contribution in [2.45, 2.75) is 25.9 Å². The molecule has 2 heterocycles. The molecule has 2 N–H and O–H groups in total. The van der Waals surface area contributed by atoms with Gasteiger partial charge in [-0.05, 0) is 49.2 Å². The smallest absolute Gasteiger partial charge is 0.223 e. The van der Waals surface area contributed by atoms with Crippen LogP contribution in [0.5, 0.6) is 0 Å². The van der Waals surface area contributed by atoms with E-state index in [0.717, 1.165) is 58.7 Å². The van der Waals surface area contributed by atoms with Crippen molar-refractivity contribution in [1.29, 1.82) is 0 Å². The van der Waals surface area contributed by atoms with Crippen molar-refractivity contribution in [2.24, 2.45) is 5.92 Å². The van der Waals surface area contributed by atoms with E-state index in [9.17, 15) is 4.79 Å². The van der Waals surface area contributed by atoms with Crippen LogP contribution in [0.2, 0.25) is 0 Å². The summed E-state index contributed by atoms with van der Waals surface area (Å²) in [6.45, 7) is 7.70. The molecule has 154 valence electrons. The lowest BCUT2D eigenvalue weighted by Crippen LogP contribution is -2.46. The Labute approximate surface area is 174 Å². The molecule has 2 aliphatic heterocycles. The number of hydrogen-bond donors (Lipinski definition) is 2. The molecule has 2 aromatic rings. The van der Waals surface area contributed by atoms with Crippen molar-refractivity contribution >= 4 is 11.6 Å². The van der Waals surface area contributed by atoms with E-state index in [1.165, 1.54) is 16.8 Å². The number of nitrogens with zero attached hydrogens (tertiary/aromatic N) is 2. The van der Waals surface area contributed by atoms with Crippen LogP contribution in [0.4, 0.5) is 5.69 Å². The number of piperazine rings is 1. The molecule has 0 unspecified atom stereocenters. The van der Waals surface area contributed by atoms with Crippen LogP contribution >= 0.6 is 0 Å². The van der Waals surface area contributed by atoms with Crippen LogP contribution in [-0.2, 0) is 17.9 Å². The Kier molecular flexibility index (Phi) is 6.80. The standard InChI is InChI=1S/C24H32N4O/c29-24(20-10-12-25-13-11-20)26-18-21-6-4-5-7-22(21)19-27-14-16-28(17-15-27)23-8-2-1-3-9-23/h1-9,20,25H,10-19H2,(H,26,29). The number of para-hydroxylation sites is 1. The first-order valence-corrected chi connectivity index (χ1v) is 10.9. The Balaban J connectivity index is 1.30. The summed E-state index contributed by atoms with van der Waals surface area (Å²) in [4.78, 5) is 17.5. The Morgan fingerprint density at radius 2 is 1.55 bits per heavy atom. The molecule has 0 aliphatic carbocycles. The topological polar surface area (TPSA) is 47.6 Å². The van der Waals surface area contributed by atoms with Gasteiger partial charge in [-0.25, -0.2) is 0 Å². The molecule has 0 bridgehead atoms. The molecule has 0 radical (unpaired) electrons. The number of carbonyl (C=O) groups excluding carboxylic acids is 1.